The van der Waals surface area contributed by atoms with Gasteiger partial charge in [0.2, 0.25) is 0 Å². The lowest BCUT2D eigenvalue weighted by molar-refractivity contribution is 0.352. The average molecular weight is 167 g/mol. The minimum atomic E-state index is 0.201. The quantitative estimate of drug-likeness (QED) is 0.745. The van der Waals surface area contributed by atoms with Gasteiger partial charge in [0, 0.05) is 5.54 Å². The maximum atomic E-state index is 5.21. The van der Waals surface area contributed by atoms with Crippen LogP contribution < -0.4 is 5.32 Å². The first-order chi connectivity index (χ1) is 5.64. The van der Waals surface area contributed by atoms with Gasteiger partial charge in [0.1, 0.15) is 5.76 Å². The van der Waals surface area contributed by atoms with Gasteiger partial charge in [-0.3, -0.25) is 0 Å². The molecule has 68 valence electrons. The third-order valence-corrected chi connectivity index (χ3v) is 2.21. The van der Waals surface area contributed by atoms with Crippen LogP contribution in [0.3, 0.4) is 0 Å². The van der Waals surface area contributed by atoms with Crippen molar-refractivity contribution in [3.8, 4) is 0 Å². The molecule has 1 rings (SSSR count). The summed E-state index contributed by atoms with van der Waals surface area (Å²) in [5.74, 6) is 0.997. The molecule has 2 nitrogen and oxygen atoms in total. The van der Waals surface area contributed by atoms with Gasteiger partial charge in [-0.15, -0.1) is 0 Å². The third kappa shape index (κ3) is 2.70. The molecule has 0 saturated carbocycles. The molecule has 1 aromatic rings. The van der Waals surface area contributed by atoms with Crippen LogP contribution in [0.2, 0.25) is 0 Å². The molecular weight excluding hydrogens is 150 g/mol. The number of hydrogen-bond donors (Lipinski definition) is 1. The highest BCUT2D eigenvalue weighted by molar-refractivity contribution is 4.98. The van der Waals surface area contributed by atoms with E-state index in [1.54, 1.807) is 6.26 Å². The summed E-state index contributed by atoms with van der Waals surface area (Å²) in [6.45, 7) is 7.37. The highest BCUT2D eigenvalue weighted by atomic mass is 16.3. The van der Waals surface area contributed by atoms with E-state index in [0.29, 0.717) is 0 Å². The summed E-state index contributed by atoms with van der Waals surface area (Å²) in [4.78, 5) is 0. The lowest BCUT2D eigenvalue weighted by Gasteiger charge is -2.23. The fraction of sp³-hybridized carbons (Fsp3) is 0.600. The Labute approximate surface area is 74.0 Å². The van der Waals surface area contributed by atoms with E-state index in [1.807, 2.05) is 12.1 Å². The minimum absolute atomic E-state index is 0.201. The van der Waals surface area contributed by atoms with E-state index < -0.39 is 0 Å². The van der Waals surface area contributed by atoms with E-state index in [-0.39, 0.29) is 5.54 Å². The molecule has 1 heterocycles. The van der Waals surface area contributed by atoms with Crippen LogP contribution >= 0.6 is 0 Å². The van der Waals surface area contributed by atoms with Crippen LogP contribution in [0, 0.1) is 0 Å². The summed E-state index contributed by atoms with van der Waals surface area (Å²) in [7, 11) is 0. The number of nitrogens with one attached hydrogen (secondary N) is 1. The molecule has 0 radical (unpaired) electrons. The van der Waals surface area contributed by atoms with Crippen LogP contribution in [0.25, 0.3) is 0 Å². The highest BCUT2D eigenvalue weighted by Gasteiger charge is 2.13. The second-order valence-electron chi connectivity index (χ2n) is 3.67. The third-order valence-electron chi connectivity index (χ3n) is 2.21. The Morgan fingerprint density at radius 3 is 2.75 bits per heavy atom. The molecule has 2 heteroatoms. The molecule has 0 saturated heterocycles. The maximum absolute atomic E-state index is 5.21. The minimum Gasteiger partial charge on any atom is -0.468 e. The summed E-state index contributed by atoms with van der Waals surface area (Å²) in [5.41, 5.74) is 0.201. The van der Waals surface area contributed by atoms with Crippen LogP contribution in [0.15, 0.2) is 22.8 Å². The second kappa shape index (κ2) is 3.76. The van der Waals surface area contributed by atoms with E-state index >= 15 is 0 Å². The van der Waals surface area contributed by atoms with Crippen molar-refractivity contribution in [3.05, 3.63) is 24.2 Å². The van der Waals surface area contributed by atoms with E-state index in [1.165, 1.54) is 0 Å². The van der Waals surface area contributed by atoms with Gasteiger partial charge in [0.15, 0.2) is 0 Å². The average Bonchev–Trinajstić information content (AvgIpc) is 2.53. The van der Waals surface area contributed by atoms with Gasteiger partial charge in [-0.05, 0) is 32.4 Å². The van der Waals surface area contributed by atoms with Crippen LogP contribution in [-0.4, -0.2) is 5.54 Å². The Kier molecular flexibility index (Phi) is 2.93. The monoisotopic (exact) mass is 167 g/mol. The predicted molar refractivity (Wildman–Crippen MR) is 49.9 cm³/mol. The smallest absolute Gasteiger partial charge is 0.117 e. The molecule has 0 fully saturated rings. The topological polar surface area (TPSA) is 25.2 Å². The van der Waals surface area contributed by atoms with Crippen LogP contribution in [0.4, 0.5) is 0 Å². The van der Waals surface area contributed by atoms with Crippen LogP contribution in [0.1, 0.15) is 33.0 Å². The summed E-state index contributed by atoms with van der Waals surface area (Å²) in [6.07, 6.45) is 2.82. The molecule has 0 aliphatic carbocycles. The van der Waals surface area contributed by atoms with Crippen LogP contribution in [0.5, 0.6) is 0 Å². The van der Waals surface area contributed by atoms with Gasteiger partial charge in [-0.1, -0.05) is 6.92 Å². The Morgan fingerprint density at radius 2 is 2.25 bits per heavy atom. The fourth-order valence-corrected chi connectivity index (χ4v) is 0.865. The zero-order valence-corrected chi connectivity index (χ0v) is 8.05. The summed E-state index contributed by atoms with van der Waals surface area (Å²) in [5, 5.41) is 3.42. The van der Waals surface area contributed by atoms with Gasteiger partial charge in [0.05, 0.1) is 12.8 Å². The first kappa shape index (κ1) is 9.33. The lowest BCUT2D eigenvalue weighted by atomic mass is 10.0. The zero-order chi connectivity index (χ0) is 9.03. The molecule has 1 aromatic heterocycles. The molecule has 0 bridgehead atoms. The lowest BCUT2D eigenvalue weighted by Crippen LogP contribution is -2.37. The first-order valence-electron chi connectivity index (χ1n) is 4.41. The Hall–Kier alpha value is -0.760. The molecule has 1 N–H and O–H groups in total. The van der Waals surface area contributed by atoms with Crippen molar-refractivity contribution >= 4 is 0 Å². The molecule has 0 aromatic carbocycles. The molecule has 0 aliphatic heterocycles. The first-order valence-corrected chi connectivity index (χ1v) is 4.41. The number of hydrogen-bond acceptors (Lipinski definition) is 2. The van der Waals surface area contributed by atoms with Crippen molar-refractivity contribution < 1.29 is 4.42 Å². The van der Waals surface area contributed by atoms with Gasteiger partial charge >= 0.3 is 0 Å². The Balaban J connectivity index is 2.36. The normalized spacial score (nSPS) is 11.9. The van der Waals surface area contributed by atoms with Crippen molar-refractivity contribution in [2.45, 2.75) is 39.3 Å². The standard InChI is InChI=1S/C10H17NO/c1-4-10(2,3)11-8-9-6-5-7-12-9/h5-7,11H,4,8H2,1-3H3. The van der Waals surface area contributed by atoms with Gasteiger partial charge in [-0.25, -0.2) is 0 Å². The Bertz CT molecular complexity index is 214. The molecule has 0 amide bonds. The predicted octanol–water partition coefficient (Wildman–Crippen LogP) is 2.56. The SMILES string of the molecule is CCC(C)(C)NCc1ccco1. The molecule has 0 atom stereocenters. The number of furan rings is 1. The zero-order valence-electron chi connectivity index (χ0n) is 8.05. The van der Waals surface area contributed by atoms with Gasteiger partial charge < -0.3 is 9.73 Å². The summed E-state index contributed by atoms with van der Waals surface area (Å²) < 4.78 is 5.21. The van der Waals surface area contributed by atoms with Crippen molar-refractivity contribution in [1.82, 2.24) is 5.32 Å². The van der Waals surface area contributed by atoms with E-state index in [4.69, 9.17) is 4.42 Å². The van der Waals surface area contributed by atoms with Crippen molar-refractivity contribution in [2.24, 2.45) is 0 Å². The molecule has 0 aliphatic rings. The second-order valence-corrected chi connectivity index (χ2v) is 3.67. The summed E-state index contributed by atoms with van der Waals surface area (Å²) >= 11 is 0. The van der Waals surface area contributed by atoms with E-state index in [0.717, 1.165) is 18.7 Å². The van der Waals surface area contributed by atoms with E-state index in [2.05, 4.69) is 26.1 Å². The molecule has 12 heavy (non-hydrogen) atoms. The van der Waals surface area contributed by atoms with Crippen molar-refractivity contribution in [1.29, 1.82) is 0 Å². The van der Waals surface area contributed by atoms with Crippen LogP contribution in [-0.2, 0) is 6.54 Å². The largest absolute Gasteiger partial charge is 0.468 e. The maximum Gasteiger partial charge on any atom is 0.117 e. The molecule has 0 spiro atoms. The van der Waals surface area contributed by atoms with Crippen molar-refractivity contribution in [3.63, 3.8) is 0 Å². The fourth-order valence-electron chi connectivity index (χ4n) is 0.865. The van der Waals surface area contributed by atoms with E-state index in [9.17, 15) is 0 Å². The highest BCUT2D eigenvalue weighted by Crippen LogP contribution is 2.09. The Morgan fingerprint density at radius 1 is 1.50 bits per heavy atom. The van der Waals surface area contributed by atoms with Crippen molar-refractivity contribution in [2.75, 3.05) is 0 Å². The summed E-state index contributed by atoms with van der Waals surface area (Å²) in [6, 6.07) is 3.90. The molecular formula is C10H17NO. The van der Waals surface area contributed by atoms with Gasteiger partial charge in [0.25, 0.3) is 0 Å². The van der Waals surface area contributed by atoms with Gasteiger partial charge in [-0.2, -0.15) is 0 Å². The molecule has 0 unspecified atom stereocenters. The number of rotatable bonds is 4.